The summed E-state index contributed by atoms with van der Waals surface area (Å²) in [6.07, 6.45) is 3.94. The van der Waals surface area contributed by atoms with Gasteiger partial charge < -0.3 is 15.1 Å². The molecule has 7 nitrogen and oxygen atoms in total. The molecule has 0 radical (unpaired) electrons. The number of nitrogens with zero attached hydrogens (tertiary/aromatic N) is 4. The fourth-order valence-corrected chi connectivity index (χ4v) is 2.68. The second-order valence-corrected chi connectivity index (χ2v) is 5.68. The number of piperazine rings is 1. The van der Waals surface area contributed by atoms with Crippen molar-refractivity contribution in [2.75, 3.05) is 31.5 Å². The van der Waals surface area contributed by atoms with Crippen molar-refractivity contribution in [2.24, 2.45) is 0 Å². The highest BCUT2D eigenvalue weighted by Crippen LogP contribution is 2.21. The number of nitriles is 1. The molecular formula is C18H17N5O2. The van der Waals surface area contributed by atoms with Crippen LogP contribution in [0.4, 0.5) is 11.4 Å². The maximum atomic E-state index is 12.6. The number of hydrogen-bond donors (Lipinski definition) is 1. The standard InChI is InChI=1S/C18H17N5O2/c19-10-14-3-1-2-4-17(14)21-16-9-15(11-20-12-16)18(25)23-7-5-22(13-24)6-8-23/h1-4,9,11-13,21H,5-8H2. The van der Waals surface area contributed by atoms with E-state index < -0.39 is 0 Å². The fraction of sp³-hybridized carbons (Fsp3) is 0.222. The van der Waals surface area contributed by atoms with Gasteiger partial charge in [0.15, 0.2) is 0 Å². The molecule has 1 aliphatic heterocycles. The van der Waals surface area contributed by atoms with Gasteiger partial charge in [0.25, 0.3) is 5.91 Å². The van der Waals surface area contributed by atoms with E-state index in [0.717, 1.165) is 6.41 Å². The summed E-state index contributed by atoms with van der Waals surface area (Å²) in [5.41, 5.74) is 2.29. The van der Waals surface area contributed by atoms with Crippen LogP contribution in [0.5, 0.6) is 0 Å². The lowest BCUT2D eigenvalue weighted by molar-refractivity contribution is -0.119. The first-order valence-corrected chi connectivity index (χ1v) is 7.91. The Labute approximate surface area is 145 Å². The minimum absolute atomic E-state index is 0.115. The van der Waals surface area contributed by atoms with E-state index in [-0.39, 0.29) is 5.91 Å². The van der Waals surface area contributed by atoms with Gasteiger partial charge in [0.1, 0.15) is 6.07 Å². The fourth-order valence-electron chi connectivity index (χ4n) is 2.68. The van der Waals surface area contributed by atoms with Crippen molar-refractivity contribution in [3.63, 3.8) is 0 Å². The molecule has 1 aromatic carbocycles. The Kier molecular flexibility index (Phi) is 4.90. The van der Waals surface area contributed by atoms with E-state index in [4.69, 9.17) is 5.26 Å². The van der Waals surface area contributed by atoms with Gasteiger partial charge in [-0.15, -0.1) is 0 Å². The Morgan fingerprint density at radius 3 is 2.68 bits per heavy atom. The lowest BCUT2D eigenvalue weighted by atomic mass is 10.1. The smallest absolute Gasteiger partial charge is 0.255 e. The van der Waals surface area contributed by atoms with Gasteiger partial charge in [-0.1, -0.05) is 12.1 Å². The first-order valence-electron chi connectivity index (χ1n) is 7.91. The summed E-state index contributed by atoms with van der Waals surface area (Å²) in [6.45, 7) is 2.09. The third-order valence-electron chi connectivity index (χ3n) is 4.06. The molecule has 0 aliphatic carbocycles. The molecule has 0 saturated carbocycles. The Hall–Kier alpha value is -3.40. The number of nitrogens with one attached hydrogen (secondary N) is 1. The van der Waals surface area contributed by atoms with Crippen LogP contribution in [-0.2, 0) is 4.79 Å². The largest absolute Gasteiger partial charge is 0.353 e. The van der Waals surface area contributed by atoms with E-state index in [0.29, 0.717) is 48.7 Å². The Bertz CT molecular complexity index is 822. The van der Waals surface area contributed by atoms with Crippen LogP contribution in [0.3, 0.4) is 0 Å². The molecule has 3 rings (SSSR count). The first kappa shape index (κ1) is 16.5. The summed E-state index contributed by atoms with van der Waals surface area (Å²) in [5, 5.41) is 12.3. The van der Waals surface area contributed by atoms with Crippen LogP contribution in [0, 0.1) is 11.3 Å². The number of carbonyl (C=O) groups is 2. The Balaban J connectivity index is 1.74. The topological polar surface area (TPSA) is 89.3 Å². The minimum Gasteiger partial charge on any atom is -0.353 e. The predicted octanol–water partition coefficient (Wildman–Crippen LogP) is 1.61. The number of anilines is 2. The maximum Gasteiger partial charge on any atom is 0.255 e. The van der Waals surface area contributed by atoms with Gasteiger partial charge >= 0.3 is 0 Å². The van der Waals surface area contributed by atoms with Gasteiger partial charge in [-0.3, -0.25) is 14.6 Å². The van der Waals surface area contributed by atoms with E-state index in [1.165, 1.54) is 6.20 Å². The van der Waals surface area contributed by atoms with Crippen molar-refractivity contribution >= 4 is 23.7 Å². The summed E-state index contributed by atoms with van der Waals surface area (Å²) >= 11 is 0. The molecule has 1 aromatic heterocycles. The third kappa shape index (κ3) is 3.75. The Morgan fingerprint density at radius 1 is 1.20 bits per heavy atom. The van der Waals surface area contributed by atoms with E-state index in [1.54, 1.807) is 40.3 Å². The second-order valence-electron chi connectivity index (χ2n) is 5.68. The van der Waals surface area contributed by atoms with Crippen molar-refractivity contribution in [2.45, 2.75) is 0 Å². The molecule has 0 spiro atoms. The molecule has 1 saturated heterocycles. The van der Waals surface area contributed by atoms with Crippen molar-refractivity contribution in [1.29, 1.82) is 5.26 Å². The summed E-state index contributed by atoms with van der Waals surface area (Å²) in [5.74, 6) is -0.115. The normalized spacial score (nSPS) is 13.9. The van der Waals surface area contributed by atoms with Gasteiger partial charge in [0.05, 0.1) is 28.7 Å². The zero-order valence-corrected chi connectivity index (χ0v) is 13.6. The average molecular weight is 335 g/mol. The van der Waals surface area contributed by atoms with Crippen LogP contribution in [0.1, 0.15) is 15.9 Å². The number of benzene rings is 1. The highest BCUT2D eigenvalue weighted by atomic mass is 16.2. The molecule has 2 aromatic rings. The van der Waals surface area contributed by atoms with Crippen molar-refractivity contribution < 1.29 is 9.59 Å². The predicted molar refractivity (Wildman–Crippen MR) is 92.2 cm³/mol. The van der Waals surface area contributed by atoms with Crippen LogP contribution in [0.15, 0.2) is 42.7 Å². The molecule has 1 aliphatic rings. The molecule has 1 fully saturated rings. The van der Waals surface area contributed by atoms with Gasteiger partial charge in [-0.25, -0.2) is 0 Å². The summed E-state index contributed by atoms with van der Waals surface area (Å²) in [4.78, 5) is 30.9. The number of pyridine rings is 1. The summed E-state index contributed by atoms with van der Waals surface area (Å²) < 4.78 is 0. The number of carbonyl (C=O) groups excluding carboxylic acids is 2. The highest BCUT2D eigenvalue weighted by Gasteiger charge is 2.21. The van der Waals surface area contributed by atoms with E-state index in [2.05, 4.69) is 16.4 Å². The lowest BCUT2D eigenvalue weighted by Crippen LogP contribution is -2.48. The molecular weight excluding hydrogens is 318 g/mol. The maximum absolute atomic E-state index is 12.6. The first-order chi connectivity index (χ1) is 12.2. The van der Waals surface area contributed by atoms with Crippen LogP contribution < -0.4 is 5.32 Å². The summed E-state index contributed by atoms with van der Waals surface area (Å²) in [6, 6.07) is 11.0. The van der Waals surface area contributed by atoms with Gasteiger partial charge in [0, 0.05) is 32.4 Å². The quantitative estimate of drug-likeness (QED) is 0.858. The zero-order chi connectivity index (χ0) is 17.6. The number of hydrogen-bond acceptors (Lipinski definition) is 5. The van der Waals surface area contributed by atoms with E-state index >= 15 is 0 Å². The van der Waals surface area contributed by atoms with E-state index in [9.17, 15) is 9.59 Å². The van der Waals surface area contributed by atoms with Crippen molar-refractivity contribution in [1.82, 2.24) is 14.8 Å². The number of amides is 2. The molecule has 0 bridgehead atoms. The van der Waals surface area contributed by atoms with Crippen molar-refractivity contribution in [3.8, 4) is 6.07 Å². The molecule has 126 valence electrons. The molecule has 1 N–H and O–H groups in total. The SMILES string of the molecule is N#Cc1ccccc1Nc1cncc(C(=O)N2CCN(C=O)CC2)c1. The van der Waals surface area contributed by atoms with Crippen LogP contribution in [0.25, 0.3) is 0 Å². The van der Waals surface area contributed by atoms with Crippen LogP contribution in [0.2, 0.25) is 0 Å². The molecule has 0 atom stereocenters. The highest BCUT2D eigenvalue weighted by molar-refractivity contribution is 5.95. The summed E-state index contributed by atoms with van der Waals surface area (Å²) in [7, 11) is 0. The second kappa shape index (κ2) is 7.45. The monoisotopic (exact) mass is 335 g/mol. The molecule has 2 amide bonds. The number of aromatic nitrogens is 1. The van der Waals surface area contributed by atoms with E-state index in [1.807, 2.05) is 6.07 Å². The number of rotatable bonds is 4. The van der Waals surface area contributed by atoms with Gasteiger partial charge in [0.2, 0.25) is 6.41 Å². The van der Waals surface area contributed by atoms with Gasteiger partial charge in [-0.05, 0) is 18.2 Å². The molecule has 0 unspecified atom stereocenters. The molecule has 25 heavy (non-hydrogen) atoms. The van der Waals surface area contributed by atoms with Crippen LogP contribution >= 0.6 is 0 Å². The third-order valence-corrected chi connectivity index (χ3v) is 4.06. The Morgan fingerprint density at radius 2 is 1.96 bits per heavy atom. The molecule has 7 heteroatoms. The average Bonchev–Trinajstić information content (AvgIpc) is 2.68. The van der Waals surface area contributed by atoms with Gasteiger partial charge in [-0.2, -0.15) is 5.26 Å². The molecule has 2 heterocycles. The number of para-hydroxylation sites is 1. The lowest BCUT2D eigenvalue weighted by Gasteiger charge is -2.32. The van der Waals surface area contributed by atoms with Crippen LogP contribution in [-0.4, -0.2) is 53.3 Å². The zero-order valence-electron chi connectivity index (χ0n) is 13.6. The minimum atomic E-state index is -0.115. The van der Waals surface area contributed by atoms with Crippen molar-refractivity contribution in [3.05, 3.63) is 53.9 Å².